The standard InChI is InChI=1S/C15H23NO3/c1-15(8-5-9-16-15)14-11(10-17-2)12(18-3)6-7-13(14)19-4/h6-7,16H,5,8-10H2,1-4H3. The highest BCUT2D eigenvalue weighted by molar-refractivity contribution is 5.52. The van der Waals surface area contributed by atoms with Crippen LogP contribution in [0.1, 0.15) is 30.9 Å². The van der Waals surface area contributed by atoms with Gasteiger partial charge >= 0.3 is 0 Å². The van der Waals surface area contributed by atoms with Crippen LogP contribution in [0.4, 0.5) is 0 Å². The summed E-state index contributed by atoms with van der Waals surface area (Å²) in [5.74, 6) is 1.75. The van der Waals surface area contributed by atoms with Crippen molar-refractivity contribution in [3.05, 3.63) is 23.3 Å². The third kappa shape index (κ3) is 2.55. The minimum Gasteiger partial charge on any atom is -0.496 e. The maximum atomic E-state index is 5.56. The fourth-order valence-electron chi connectivity index (χ4n) is 2.97. The molecule has 2 rings (SSSR count). The summed E-state index contributed by atoms with van der Waals surface area (Å²) in [6.45, 7) is 3.77. The second-order valence-corrected chi connectivity index (χ2v) is 5.12. The lowest BCUT2D eigenvalue weighted by atomic mass is 9.85. The summed E-state index contributed by atoms with van der Waals surface area (Å²) in [5, 5.41) is 3.58. The van der Waals surface area contributed by atoms with Crippen molar-refractivity contribution in [2.45, 2.75) is 31.9 Å². The Morgan fingerprint density at radius 2 is 1.84 bits per heavy atom. The molecule has 106 valence electrons. The molecular weight excluding hydrogens is 242 g/mol. The number of ether oxygens (including phenoxy) is 3. The molecule has 1 aromatic carbocycles. The van der Waals surface area contributed by atoms with Crippen molar-refractivity contribution in [1.29, 1.82) is 0 Å². The largest absolute Gasteiger partial charge is 0.496 e. The van der Waals surface area contributed by atoms with Crippen LogP contribution in [0, 0.1) is 0 Å². The van der Waals surface area contributed by atoms with Gasteiger partial charge in [0.1, 0.15) is 11.5 Å². The molecule has 0 aliphatic carbocycles. The molecule has 4 heteroatoms. The highest BCUT2D eigenvalue weighted by Gasteiger charge is 2.36. The van der Waals surface area contributed by atoms with E-state index >= 15 is 0 Å². The van der Waals surface area contributed by atoms with Gasteiger partial charge in [0, 0.05) is 23.8 Å². The number of rotatable bonds is 5. The van der Waals surface area contributed by atoms with Crippen LogP contribution in [0.5, 0.6) is 11.5 Å². The highest BCUT2D eigenvalue weighted by Crippen LogP contribution is 2.42. The smallest absolute Gasteiger partial charge is 0.124 e. The van der Waals surface area contributed by atoms with Gasteiger partial charge in [0.25, 0.3) is 0 Å². The number of nitrogens with one attached hydrogen (secondary N) is 1. The molecule has 1 unspecified atom stereocenters. The zero-order valence-corrected chi connectivity index (χ0v) is 12.2. The lowest BCUT2D eigenvalue weighted by molar-refractivity contribution is 0.178. The average Bonchev–Trinajstić information content (AvgIpc) is 2.86. The van der Waals surface area contributed by atoms with Crippen molar-refractivity contribution < 1.29 is 14.2 Å². The minimum atomic E-state index is -0.0756. The third-order valence-corrected chi connectivity index (χ3v) is 3.88. The van der Waals surface area contributed by atoms with Crippen LogP contribution < -0.4 is 14.8 Å². The molecule has 0 saturated carbocycles. The van der Waals surface area contributed by atoms with Gasteiger partial charge in [-0.1, -0.05) is 0 Å². The summed E-state index contributed by atoms with van der Waals surface area (Å²) in [5.41, 5.74) is 2.16. The summed E-state index contributed by atoms with van der Waals surface area (Å²) in [6.07, 6.45) is 2.26. The molecule has 1 heterocycles. The molecule has 0 aromatic heterocycles. The Kier molecular flexibility index (Phi) is 4.32. The number of hydrogen-bond donors (Lipinski definition) is 1. The van der Waals surface area contributed by atoms with E-state index in [4.69, 9.17) is 14.2 Å². The lowest BCUT2D eigenvalue weighted by Gasteiger charge is -2.30. The van der Waals surface area contributed by atoms with E-state index in [0.717, 1.165) is 35.6 Å². The van der Waals surface area contributed by atoms with E-state index < -0.39 is 0 Å². The predicted octanol–water partition coefficient (Wildman–Crippen LogP) is 2.45. The van der Waals surface area contributed by atoms with Crippen LogP contribution in [0.3, 0.4) is 0 Å². The van der Waals surface area contributed by atoms with Gasteiger partial charge in [-0.2, -0.15) is 0 Å². The fourth-order valence-corrected chi connectivity index (χ4v) is 2.97. The van der Waals surface area contributed by atoms with Crippen LogP contribution >= 0.6 is 0 Å². The van der Waals surface area contributed by atoms with Crippen LogP contribution in [0.2, 0.25) is 0 Å². The molecular formula is C15H23NO3. The Balaban J connectivity index is 2.59. The second-order valence-electron chi connectivity index (χ2n) is 5.12. The highest BCUT2D eigenvalue weighted by atomic mass is 16.5. The predicted molar refractivity (Wildman–Crippen MR) is 74.8 cm³/mol. The number of benzene rings is 1. The molecule has 0 radical (unpaired) electrons. The fraction of sp³-hybridized carbons (Fsp3) is 0.600. The van der Waals surface area contributed by atoms with Crippen molar-refractivity contribution >= 4 is 0 Å². The minimum absolute atomic E-state index is 0.0756. The van der Waals surface area contributed by atoms with Crippen molar-refractivity contribution in [2.75, 3.05) is 27.9 Å². The van der Waals surface area contributed by atoms with Gasteiger partial charge in [0.2, 0.25) is 0 Å². The second kappa shape index (κ2) is 5.80. The quantitative estimate of drug-likeness (QED) is 0.887. The van der Waals surface area contributed by atoms with Crippen molar-refractivity contribution in [2.24, 2.45) is 0 Å². The van der Waals surface area contributed by atoms with Gasteiger partial charge in [0.05, 0.1) is 20.8 Å². The van der Waals surface area contributed by atoms with E-state index in [1.165, 1.54) is 6.42 Å². The molecule has 19 heavy (non-hydrogen) atoms. The summed E-state index contributed by atoms with van der Waals surface area (Å²) < 4.78 is 16.4. The monoisotopic (exact) mass is 265 g/mol. The first-order valence-electron chi connectivity index (χ1n) is 6.64. The molecule has 1 N–H and O–H groups in total. The Morgan fingerprint density at radius 1 is 1.16 bits per heavy atom. The Hall–Kier alpha value is -1.26. The van der Waals surface area contributed by atoms with Gasteiger partial charge in [-0.15, -0.1) is 0 Å². The van der Waals surface area contributed by atoms with Gasteiger partial charge in [-0.25, -0.2) is 0 Å². The van der Waals surface area contributed by atoms with E-state index in [1.807, 2.05) is 12.1 Å². The number of methoxy groups -OCH3 is 3. The van der Waals surface area contributed by atoms with Gasteiger partial charge in [0.15, 0.2) is 0 Å². The lowest BCUT2D eigenvalue weighted by Crippen LogP contribution is -2.35. The van der Waals surface area contributed by atoms with E-state index in [0.29, 0.717) is 6.61 Å². The normalized spacial score (nSPS) is 22.5. The van der Waals surface area contributed by atoms with Crippen LogP contribution in [-0.4, -0.2) is 27.9 Å². The van der Waals surface area contributed by atoms with Gasteiger partial charge in [-0.05, 0) is 38.4 Å². The van der Waals surface area contributed by atoms with Crippen LogP contribution in [0.25, 0.3) is 0 Å². The zero-order valence-electron chi connectivity index (χ0n) is 12.2. The zero-order chi connectivity index (χ0) is 13.9. The maximum Gasteiger partial charge on any atom is 0.124 e. The Bertz CT molecular complexity index is 439. The first kappa shape index (κ1) is 14.2. The van der Waals surface area contributed by atoms with Crippen molar-refractivity contribution in [3.63, 3.8) is 0 Å². The summed E-state index contributed by atoms with van der Waals surface area (Å²) in [4.78, 5) is 0. The SMILES string of the molecule is COCc1c(OC)ccc(OC)c1C1(C)CCCN1. The van der Waals surface area contributed by atoms with E-state index in [-0.39, 0.29) is 5.54 Å². The van der Waals surface area contributed by atoms with E-state index in [1.54, 1.807) is 21.3 Å². The van der Waals surface area contributed by atoms with E-state index in [9.17, 15) is 0 Å². The summed E-state index contributed by atoms with van der Waals surface area (Å²) in [7, 11) is 5.10. The molecule has 1 fully saturated rings. The molecule has 1 saturated heterocycles. The molecule has 1 aliphatic rings. The molecule has 1 aromatic rings. The van der Waals surface area contributed by atoms with Crippen molar-refractivity contribution in [3.8, 4) is 11.5 Å². The van der Waals surface area contributed by atoms with Crippen LogP contribution in [-0.2, 0) is 16.9 Å². The maximum absolute atomic E-state index is 5.56. The molecule has 4 nitrogen and oxygen atoms in total. The summed E-state index contributed by atoms with van der Waals surface area (Å²) in [6, 6.07) is 3.91. The van der Waals surface area contributed by atoms with Crippen molar-refractivity contribution in [1.82, 2.24) is 5.32 Å². The van der Waals surface area contributed by atoms with Crippen LogP contribution in [0.15, 0.2) is 12.1 Å². The molecule has 0 bridgehead atoms. The van der Waals surface area contributed by atoms with E-state index in [2.05, 4.69) is 12.2 Å². The molecule has 0 spiro atoms. The molecule has 1 aliphatic heterocycles. The van der Waals surface area contributed by atoms with Gasteiger partial charge < -0.3 is 19.5 Å². The van der Waals surface area contributed by atoms with Gasteiger partial charge in [-0.3, -0.25) is 0 Å². The summed E-state index contributed by atoms with van der Waals surface area (Å²) >= 11 is 0. The Morgan fingerprint density at radius 3 is 2.37 bits per heavy atom. The molecule has 1 atom stereocenters. The topological polar surface area (TPSA) is 39.7 Å². The first-order valence-corrected chi connectivity index (χ1v) is 6.64. The number of hydrogen-bond acceptors (Lipinski definition) is 4. The average molecular weight is 265 g/mol. The first-order chi connectivity index (χ1) is 9.16. The molecule has 0 amide bonds. The third-order valence-electron chi connectivity index (χ3n) is 3.88. The Labute approximate surface area is 115 Å².